The van der Waals surface area contributed by atoms with Crippen LogP contribution < -0.4 is 5.43 Å². The number of fused-ring (bicyclic) bond motifs is 1. The molecule has 1 aliphatic heterocycles. The molecule has 0 amide bonds. The molecule has 2 aromatic rings. The van der Waals surface area contributed by atoms with Gasteiger partial charge < -0.3 is 20.1 Å². The first kappa shape index (κ1) is 14.7. The molecule has 0 radical (unpaired) electrons. The van der Waals surface area contributed by atoms with E-state index in [1.165, 1.54) is 24.1 Å². The van der Waals surface area contributed by atoms with Crippen molar-refractivity contribution < 1.29 is 20.1 Å². The first-order valence-electron chi connectivity index (χ1n) is 6.44. The summed E-state index contributed by atoms with van der Waals surface area (Å²) in [5.74, 6) is 0.106. The third kappa shape index (κ3) is 1.94. The molecular formula is C11H14N6O5. The zero-order valence-electron chi connectivity index (χ0n) is 11.5. The Morgan fingerprint density at radius 2 is 2.23 bits per heavy atom. The number of nitrogens with one attached hydrogen (secondary N) is 1. The molecule has 0 aliphatic carbocycles. The van der Waals surface area contributed by atoms with Crippen LogP contribution in [0.2, 0.25) is 0 Å². The number of hydrogen-bond acceptors (Lipinski definition) is 9. The van der Waals surface area contributed by atoms with Crippen molar-refractivity contribution in [2.75, 3.05) is 12.0 Å². The number of nitroso groups, excluding NO2 is 1. The predicted molar refractivity (Wildman–Crippen MR) is 72.4 cm³/mol. The molecule has 118 valence electrons. The van der Waals surface area contributed by atoms with Crippen LogP contribution in [0.25, 0.3) is 11.2 Å². The molecule has 4 N–H and O–H groups in total. The number of nitrogens with zero attached hydrogens (tertiary/aromatic N) is 5. The Balaban J connectivity index is 2.11. The third-order valence-corrected chi connectivity index (χ3v) is 3.79. The van der Waals surface area contributed by atoms with E-state index in [2.05, 4.69) is 25.7 Å². The van der Waals surface area contributed by atoms with Gasteiger partial charge in [0.2, 0.25) is 0 Å². The van der Waals surface area contributed by atoms with E-state index in [1.807, 2.05) is 0 Å². The molecule has 3 heterocycles. The molecule has 22 heavy (non-hydrogen) atoms. The van der Waals surface area contributed by atoms with Gasteiger partial charge in [0.25, 0.3) is 0 Å². The number of aliphatic hydroxyl groups excluding tert-OH is 3. The van der Waals surface area contributed by atoms with Gasteiger partial charge in [-0.15, -0.1) is 4.91 Å². The molecule has 11 nitrogen and oxygen atoms in total. The highest BCUT2D eigenvalue weighted by atomic mass is 16.6. The van der Waals surface area contributed by atoms with E-state index in [4.69, 9.17) is 4.74 Å². The lowest BCUT2D eigenvalue weighted by atomic mass is 10.0. The van der Waals surface area contributed by atoms with Gasteiger partial charge in [-0.3, -0.25) is 4.57 Å². The Labute approximate surface area is 123 Å². The second-order valence-corrected chi connectivity index (χ2v) is 5.04. The quantitative estimate of drug-likeness (QED) is 0.398. The van der Waals surface area contributed by atoms with Crippen LogP contribution in [-0.2, 0) is 10.5 Å². The normalized spacial score (nSPS) is 31.5. The van der Waals surface area contributed by atoms with Crippen molar-refractivity contribution in [2.45, 2.75) is 31.0 Å². The third-order valence-electron chi connectivity index (χ3n) is 3.79. The van der Waals surface area contributed by atoms with Crippen molar-refractivity contribution in [1.29, 1.82) is 0 Å². The number of aromatic nitrogens is 4. The summed E-state index contributed by atoms with van der Waals surface area (Å²) in [5.41, 5.74) is 1.29. The maximum Gasteiger partial charge on any atom is 0.180 e. The monoisotopic (exact) mass is 310 g/mol. The summed E-state index contributed by atoms with van der Waals surface area (Å²) in [6.45, 7) is 1.09. The second-order valence-electron chi connectivity index (χ2n) is 5.04. The lowest BCUT2D eigenvalue weighted by Crippen LogP contribution is -2.43. The van der Waals surface area contributed by atoms with Crippen LogP contribution in [0.15, 0.2) is 17.9 Å². The Bertz CT molecular complexity index is 707. The number of aliphatic hydroxyl groups is 3. The highest BCUT2D eigenvalue weighted by Gasteiger charge is 2.52. The summed E-state index contributed by atoms with van der Waals surface area (Å²) < 4.78 is 6.99. The average Bonchev–Trinajstić information content (AvgIpc) is 3.04. The molecular weight excluding hydrogens is 296 g/mol. The molecule has 0 spiro atoms. The van der Waals surface area contributed by atoms with Crippen LogP contribution in [-0.4, -0.2) is 59.8 Å². The first-order valence-corrected chi connectivity index (χ1v) is 6.44. The van der Waals surface area contributed by atoms with Crippen LogP contribution in [0.5, 0.6) is 0 Å². The molecule has 1 saturated heterocycles. The van der Waals surface area contributed by atoms with Crippen molar-refractivity contribution >= 4 is 17.0 Å². The fourth-order valence-corrected chi connectivity index (χ4v) is 2.60. The molecule has 2 aromatic heterocycles. The fraction of sp³-hybridized carbons (Fsp3) is 0.545. The summed E-state index contributed by atoms with van der Waals surface area (Å²) in [7, 11) is 0. The van der Waals surface area contributed by atoms with Crippen LogP contribution in [0.4, 0.5) is 5.82 Å². The van der Waals surface area contributed by atoms with E-state index >= 15 is 0 Å². The van der Waals surface area contributed by atoms with Gasteiger partial charge in [-0.25, -0.2) is 20.4 Å². The number of hydrogen-bond donors (Lipinski definition) is 4. The van der Waals surface area contributed by atoms with E-state index in [1.54, 1.807) is 0 Å². The van der Waals surface area contributed by atoms with E-state index in [-0.39, 0.29) is 17.0 Å². The molecule has 0 saturated carbocycles. The zero-order chi connectivity index (χ0) is 15.9. The van der Waals surface area contributed by atoms with Gasteiger partial charge in [0.15, 0.2) is 22.7 Å². The number of anilines is 1. The highest BCUT2D eigenvalue weighted by molar-refractivity contribution is 5.82. The molecule has 0 aromatic carbocycles. The van der Waals surface area contributed by atoms with E-state index < -0.39 is 30.6 Å². The number of imidazole rings is 1. The van der Waals surface area contributed by atoms with Crippen LogP contribution in [0, 0.1) is 4.91 Å². The average molecular weight is 310 g/mol. The molecule has 0 bridgehead atoms. The van der Waals surface area contributed by atoms with Crippen molar-refractivity contribution in [1.82, 2.24) is 19.5 Å². The summed E-state index contributed by atoms with van der Waals surface area (Å²) in [5, 5.41) is 31.9. The Hall–Kier alpha value is -2.21. The molecule has 4 atom stereocenters. The van der Waals surface area contributed by atoms with Crippen LogP contribution in [0.3, 0.4) is 0 Å². The smallest absolute Gasteiger partial charge is 0.180 e. The van der Waals surface area contributed by atoms with Crippen LogP contribution >= 0.6 is 0 Å². The fourth-order valence-electron chi connectivity index (χ4n) is 2.60. The standard InChI is InChI=1S/C11H14N6O5/c1-11(8(20)7(19)5(2-18)22-11)17-4-14-6-9(15-16-21)12-3-13-10(6)17/h3-5,7-8,18-20H,2H2,1H3,(H,12,13,15,21)/t5-,7-,8-,11-/m1/s1. The zero-order valence-corrected chi connectivity index (χ0v) is 11.5. The molecule has 3 rings (SSSR count). The largest absolute Gasteiger partial charge is 0.394 e. The second kappa shape index (κ2) is 5.21. The van der Waals surface area contributed by atoms with Crippen molar-refractivity contribution in [3.05, 3.63) is 17.6 Å². The Morgan fingerprint density at radius 1 is 1.45 bits per heavy atom. The van der Waals surface area contributed by atoms with Gasteiger partial charge in [-0.1, -0.05) is 0 Å². The lowest BCUT2D eigenvalue weighted by Gasteiger charge is -2.29. The summed E-state index contributed by atoms with van der Waals surface area (Å²) in [4.78, 5) is 22.3. The molecule has 0 unspecified atom stereocenters. The minimum Gasteiger partial charge on any atom is -0.394 e. The van der Waals surface area contributed by atoms with Crippen molar-refractivity contribution in [2.24, 2.45) is 5.29 Å². The van der Waals surface area contributed by atoms with Crippen molar-refractivity contribution in [3.63, 3.8) is 0 Å². The molecule has 1 fully saturated rings. The van der Waals surface area contributed by atoms with Gasteiger partial charge >= 0.3 is 0 Å². The van der Waals surface area contributed by atoms with E-state index in [9.17, 15) is 20.2 Å². The van der Waals surface area contributed by atoms with Crippen molar-refractivity contribution in [3.8, 4) is 0 Å². The molecule has 1 aliphatic rings. The summed E-state index contributed by atoms with van der Waals surface area (Å²) >= 11 is 0. The molecule has 11 heteroatoms. The van der Waals surface area contributed by atoms with Crippen LogP contribution in [0.1, 0.15) is 6.92 Å². The van der Waals surface area contributed by atoms with Gasteiger partial charge in [-0.05, 0) is 6.92 Å². The maximum absolute atomic E-state index is 10.3. The SMILES string of the molecule is C[C@@]1(n2cnc3c(NN=O)ncnc32)O[C@H](CO)[C@@H](O)[C@H]1O. The minimum atomic E-state index is -1.39. The Kier molecular flexibility index (Phi) is 3.48. The van der Waals surface area contributed by atoms with Gasteiger partial charge in [0.05, 0.1) is 18.2 Å². The Morgan fingerprint density at radius 3 is 2.86 bits per heavy atom. The predicted octanol–water partition coefficient (Wildman–Crippen LogP) is -1.29. The van der Waals surface area contributed by atoms with Gasteiger partial charge in [0, 0.05) is 0 Å². The maximum atomic E-state index is 10.3. The topological polar surface area (TPSA) is 155 Å². The minimum absolute atomic E-state index is 0.106. The van der Waals surface area contributed by atoms with Gasteiger partial charge in [0.1, 0.15) is 24.6 Å². The summed E-state index contributed by atoms with van der Waals surface area (Å²) in [6, 6.07) is 0. The highest BCUT2D eigenvalue weighted by Crippen LogP contribution is 2.37. The van der Waals surface area contributed by atoms with E-state index in [0.29, 0.717) is 0 Å². The first-order chi connectivity index (χ1) is 10.5. The number of ether oxygens (including phenoxy) is 1. The van der Waals surface area contributed by atoms with Gasteiger partial charge in [-0.2, -0.15) is 0 Å². The van der Waals surface area contributed by atoms with E-state index in [0.717, 1.165) is 0 Å². The summed E-state index contributed by atoms with van der Waals surface area (Å²) in [6.07, 6.45) is -0.973. The lowest BCUT2D eigenvalue weighted by molar-refractivity contribution is -0.132. The number of rotatable bonds is 4.